The number of fused-ring (bicyclic) bond motifs is 1. The van der Waals surface area contributed by atoms with E-state index < -0.39 is 14.9 Å². The van der Waals surface area contributed by atoms with Gasteiger partial charge in [0.25, 0.3) is 5.69 Å². The molecule has 0 aliphatic carbocycles. The zero-order chi connectivity index (χ0) is 21.5. The van der Waals surface area contributed by atoms with E-state index in [1.54, 1.807) is 30.0 Å². The molecule has 2 aromatic carbocycles. The van der Waals surface area contributed by atoms with Gasteiger partial charge in [-0.05, 0) is 30.5 Å². The highest BCUT2D eigenvalue weighted by atomic mass is 32.2. The molecule has 0 aromatic heterocycles. The van der Waals surface area contributed by atoms with E-state index in [0.717, 1.165) is 6.07 Å². The summed E-state index contributed by atoms with van der Waals surface area (Å²) in [6, 6.07) is 8.90. The second kappa shape index (κ2) is 7.58. The van der Waals surface area contributed by atoms with Crippen LogP contribution in [0.15, 0.2) is 41.3 Å². The van der Waals surface area contributed by atoms with E-state index in [1.165, 1.54) is 12.1 Å². The molecule has 0 radical (unpaired) electrons. The van der Waals surface area contributed by atoms with Gasteiger partial charge in [0.2, 0.25) is 22.7 Å². The van der Waals surface area contributed by atoms with Crippen molar-refractivity contribution < 1.29 is 27.6 Å². The quantitative estimate of drug-likeness (QED) is 0.545. The van der Waals surface area contributed by atoms with Gasteiger partial charge in [0.15, 0.2) is 11.5 Å². The lowest BCUT2D eigenvalue weighted by Gasteiger charge is -2.17. The number of hydrogen-bond donors (Lipinski definition) is 1. The number of sulfonamides is 1. The fraction of sp³-hybridized carbons (Fsp3) is 0.316. The van der Waals surface area contributed by atoms with Crippen molar-refractivity contribution in [1.82, 2.24) is 4.72 Å². The zero-order valence-electron chi connectivity index (χ0n) is 16.0. The normalized spacial score (nSPS) is 18.1. The van der Waals surface area contributed by atoms with E-state index >= 15 is 0 Å². The predicted molar refractivity (Wildman–Crippen MR) is 106 cm³/mol. The van der Waals surface area contributed by atoms with Gasteiger partial charge in [-0.2, -0.15) is 0 Å². The van der Waals surface area contributed by atoms with Gasteiger partial charge in [0.1, 0.15) is 0 Å². The van der Waals surface area contributed by atoms with Gasteiger partial charge in [-0.1, -0.05) is 6.07 Å². The third-order valence-corrected chi connectivity index (χ3v) is 6.67. The van der Waals surface area contributed by atoms with E-state index in [2.05, 4.69) is 4.72 Å². The molecule has 1 fully saturated rings. The number of anilines is 1. The smallest absolute Gasteiger partial charge is 0.270 e. The number of carbonyl (C=O) groups excluding carboxylic acids is 1. The molecule has 1 amide bonds. The van der Waals surface area contributed by atoms with Gasteiger partial charge >= 0.3 is 0 Å². The lowest BCUT2D eigenvalue weighted by atomic mass is 10.1. The van der Waals surface area contributed by atoms with Crippen LogP contribution < -0.4 is 19.1 Å². The maximum atomic E-state index is 12.7. The average molecular weight is 433 g/mol. The van der Waals surface area contributed by atoms with Crippen molar-refractivity contribution in [3.05, 3.63) is 52.1 Å². The van der Waals surface area contributed by atoms with Crippen LogP contribution in [0, 0.1) is 23.0 Å². The highest BCUT2D eigenvalue weighted by Crippen LogP contribution is 2.37. The van der Waals surface area contributed by atoms with Gasteiger partial charge < -0.3 is 14.4 Å². The largest absolute Gasteiger partial charge is 0.454 e. The molecule has 2 aliphatic rings. The first-order valence-corrected chi connectivity index (χ1v) is 10.7. The Morgan fingerprint density at radius 2 is 1.97 bits per heavy atom. The number of nitrogens with zero attached hydrogens (tertiary/aromatic N) is 2. The Kier molecular flexibility index (Phi) is 5.08. The van der Waals surface area contributed by atoms with E-state index in [0.29, 0.717) is 29.3 Å². The van der Waals surface area contributed by atoms with Crippen LogP contribution in [0.3, 0.4) is 0 Å². The number of nitro groups is 1. The van der Waals surface area contributed by atoms with Crippen LogP contribution in [-0.4, -0.2) is 39.1 Å². The maximum absolute atomic E-state index is 12.7. The maximum Gasteiger partial charge on any atom is 0.270 e. The molecule has 2 heterocycles. The van der Waals surface area contributed by atoms with Crippen molar-refractivity contribution in [1.29, 1.82) is 0 Å². The standard InChI is InChI=1S/C19H19N3O7S/c1-12-2-3-15(22(24)25)8-18(12)30(26,27)20-9-13-6-19(23)21(10-13)14-4-5-16-17(7-14)29-11-28-16/h2-5,7-8,13,20H,6,9-11H2,1H3. The van der Waals surface area contributed by atoms with Gasteiger partial charge in [-0.15, -0.1) is 0 Å². The van der Waals surface area contributed by atoms with Gasteiger partial charge in [0.05, 0.1) is 9.82 Å². The summed E-state index contributed by atoms with van der Waals surface area (Å²) < 4.78 is 38.5. The SMILES string of the molecule is Cc1ccc([N+](=O)[O-])cc1S(=O)(=O)NCC1CC(=O)N(c2ccc3c(c2)OCO3)C1. The van der Waals surface area contributed by atoms with Crippen LogP contribution in [0.4, 0.5) is 11.4 Å². The molecule has 0 spiro atoms. The molecular weight excluding hydrogens is 414 g/mol. The van der Waals surface area contributed by atoms with Crippen molar-refractivity contribution in [2.24, 2.45) is 5.92 Å². The number of rotatable bonds is 6. The van der Waals surface area contributed by atoms with E-state index in [1.807, 2.05) is 0 Å². The summed E-state index contributed by atoms with van der Waals surface area (Å²) in [5.74, 6) is 0.814. The van der Waals surface area contributed by atoms with Crippen molar-refractivity contribution in [2.45, 2.75) is 18.2 Å². The Morgan fingerprint density at radius 3 is 2.73 bits per heavy atom. The minimum absolute atomic E-state index is 0.0389. The molecule has 0 bridgehead atoms. The third-order valence-electron chi connectivity index (χ3n) is 5.11. The fourth-order valence-electron chi connectivity index (χ4n) is 3.52. The zero-order valence-corrected chi connectivity index (χ0v) is 16.8. The number of nitrogens with one attached hydrogen (secondary N) is 1. The topological polar surface area (TPSA) is 128 Å². The third kappa shape index (κ3) is 3.81. The second-order valence-electron chi connectivity index (χ2n) is 7.17. The van der Waals surface area contributed by atoms with E-state index in [-0.39, 0.29) is 42.2 Å². The van der Waals surface area contributed by atoms with Gasteiger partial charge in [-0.25, -0.2) is 13.1 Å². The number of carbonyl (C=O) groups is 1. The Morgan fingerprint density at radius 1 is 1.20 bits per heavy atom. The van der Waals surface area contributed by atoms with Gasteiger partial charge in [0, 0.05) is 43.4 Å². The van der Waals surface area contributed by atoms with Crippen molar-refractivity contribution in [3.63, 3.8) is 0 Å². The summed E-state index contributed by atoms with van der Waals surface area (Å²) in [6.07, 6.45) is 0.185. The summed E-state index contributed by atoms with van der Waals surface area (Å²) in [7, 11) is -3.96. The molecule has 1 N–H and O–H groups in total. The summed E-state index contributed by atoms with van der Waals surface area (Å²) in [5.41, 5.74) is 0.757. The Hall–Kier alpha value is -3.18. The minimum Gasteiger partial charge on any atom is -0.454 e. The summed E-state index contributed by atoms with van der Waals surface area (Å²) >= 11 is 0. The van der Waals surface area contributed by atoms with Crippen LogP contribution in [-0.2, 0) is 14.8 Å². The first kappa shape index (κ1) is 20.1. The predicted octanol–water partition coefficient (Wildman–Crippen LogP) is 1.96. The molecule has 1 saturated heterocycles. The number of amides is 1. The Balaban J connectivity index is 1.45. The van der Waals surface area contributed by atoms with E-state index in [4.69, 9.17) is 9.47 Å². The van der Waals surface area contributed by atoms with Crippen LogP contribution in [0.1, 0.15) is 12.0 Å². The van der Waals surface area contributed by atoms with Crippen molar-refractivity contribution in [3.8, 4) is 11.5 Å². The lowest BCUT2D eigenvalue weighted by molar-refractivity contribution is -0.385. The van der Waals surface area contributed by atoms with Crippen LogP contribution in [0.2, 0.25) is 0 Å². The monoisotopic (exact) mass is 433 g/mol. The summed E-state index contributed by atoms with van der Waals surface area (Å²) in [4.78, 5) is 24.2. The molecule has 1 atom stereocenters. The highest BCUT2D eigenvalue weighted by molar-refractivity contribution is 7.89. The number of ether oxygens (including phenoxy) is 2. The van der Waals surface area contributed by atoms with Crippen LogP contribution >= 0.6 is 0 Å². The summed E-state index contributed by atoms with van der Waals surface area (Å²) in [5, 5.41) is 11.0. The number of nitro benzene ring substituents is 1. The molecular formula is C19H19N3O7S. The first-order chi connectivity index (χ1) is 14.2. The molecule has 1 unspecified atom stereocenters. The molecule has 158 valence electrons. The Bertz CT molecular complexity index is 1130. The molecule has 2 aromatic rings. The second-order valence-corrected chi connectivity index (χ2v) is 8.91. The molecule has 4 rings (SSSR count). The summed E-state index contributed by atoms with van der Waals surface area (Å²) in [6.45, 7) is 2.08. The number of hydrogen-bond acceptors (Lipinski definition) is 7. The molecule has 0 saturated carbocycles. The lowest BCUT2D eigenvalue weighted by Crippen LogP contribution is -2.31. The minimum atomic E-state index is -3.96. The van der Waals surface area contributed by atoms with Crippen molar-refractivity contribution >= 4 is 27.3 Å². The number of aryl methyl sites for hydroxylation is 1. The van der Waals surface area contributed by atoms with Crippen LogP contribution in [0.5, 0.6) is 11.5 Å². The van der Waals surface area contributed by atoms with Gasteiger partial charge in [-0.3, -0.25) is 14.9 Å². The van der Waals surface area contributed by atoms with Crippen molar-refractivity contribution in [2.75, 3.05) is 24.8 Å². The number of non-ortho nitro benzene ring substituents is 1. The molecule has 11 heteroatoms. The molecule has 2 aliphatic heterocycles. The van der Waals surface area contributed by atoms with E-state index in [9.17, 15) is 23.3 Å². The first-order valence-electron chi connectivity index (χ1n) is 9.19. The van der Waals surface area contributed by atoms with Crippen LogP contribution in [0.25, 0.3) is 0 Å². The fourth-order valence-corrected chi connectivity index (χ4v) is 4.90. The average Bonchev–Trinajstić information content (AvgIpc) is 3.32. The molecule has 30 heavy (non-hydrogen) atoms. The highest BCUT2D eigenvalue weighted by Gasteiger charge is 2.32. The molecule has 10 nitrogen and oxygen atoms in total. The Labute approximate surface area is 172 Å². The number of benzene rings is 2.